The summed E-state index contributed by atoms with van der Waals surface area (Å²) >= 11 is 0. The monoisotopic (exact) mass is 420 g/mol. The van der Waals surface area contributed by atoms with E-state index in [-0.39, 0.29) is 16.5 Å². The fraction of sp³-hybridized carbons (Fsp3) is 0.400. The third-order valence-corrected chi connectivity index (χ3v) is 4.83. The van der Waals surface area contributed by atoms with Gasteiger partial charge in [0.05, 0.1) is 0 Å². The van der Waals surface area contributed by atoms with Crippen LogP contribution in [0, 0.1) is 0 Å². The molecule has 0 aromatic heterocycles. The zero-order valence-corrected chi connectivity index (χ0v) is 17.2. The summed E-state index contributed by atoms with van der Waals surface area (Å²) in [7, 11) is -4.25. The number of phosphoric acid groups is 1. The molecule has 0 fully saturated rings. The smallest absolute Gasteiger partial charge is 0.395 e. The summed E-state index contributed by atoms with van der Waals surface area (Å²) in [5, 5.41) is 0. The predicted octanol–water partition coefficient (Wildman–Crippen LogP) is 5.93. The van der Waals surface area contributed by atoms with E-state index in [9.17, 15) is 9.46 Å². The first-order valence-electron chi connectivity index (χ1n) is 8.93. The number of benzene rings is 2. The van der Waals surface area contributed by atoms with Gasteiger partial charge >= 0.3 is 7.82 Å². The maximum absolute atomic E-state index is 12.5. The molecule has 0 saturated carbocycles. The van der Waals surface area contributed by atoms with Crippen LogP contribution in [0.5, 0.6) is 11.5 Å². The van der Waals surface area contributed by atoms with Crippen LogP contribution < -0.4 is 9.05 Å². The van der Waals surface area contributed by atoms with E-state index in [1.165, 1.54) is 0 Å². The van der Waals surface area contributed by atoms with Crippen LogP contribution in [0.25, 0.3) is 0 Å². The average molecular weight is 421 g/mol. The van der Waals surface area contributed by atoms with Crippen molar-refractivity contribution >= 4 is 7.82 Å². The normalized spacial score (nSPS) is 10.9. The van der Waals surface area contributed by atoms with Gasteiger partial charge in [-0.1, -0.05) is 63.1 Å². The van der Waals surface area contributed by atoms with Crippen LogP contribution >= 0.6 is 7.82 Å². The molecule has 0 saturated heterocycles. The molecule has 6 heteroatoms. The van der Waals surface area contributed by atoms with Gasteiger partial charge in [-0.3, -0.25) is 4.89 Å². The molecule has 0 radical (unpaired) electrons. The molecular weight excluding hydrogens is 394 g/mol. The SMILES string of the molecule is CCCCc1ccccc1OP(=O)(O)Oc1ccccc1CCCC.[Ni]. The van der Waals surface area contributed by atoms with Gasteiger partial charge in [0, 0.05) is 16.5 Å². The van der Waals surface area contributed by atoms with E-state index < -0.39 is 7.82 Å². The number of aryl methyl sites for hydroxylation is 2. The number of hydrogen-bond acceptors (Lipinski definition) is 3. The Morgan fingerprint density at radius 1 is 0.808 bits per heavy atom. The maximum atomic E-state index is 12.5. The number of para-hydroxylation sites is 2. The van der Waals surface area contributed by atoms with Crippen LogP contribution in [0.4, 0.5) is 0 Å². The van der Waals surface area contributed by atoms with Crippen LogP contribution in [0.2, 0.25) is 0 Å². The van der Waals surface area contributed by atoms with Crippen molar-refractivity contribution < 1.29 is 35.0 Å². The van der Waals surface area contributed by atoms with Gasteiger partial charge in [0.1, 0.15) is 11.5 Å². The average Bonchev–Trinajstić information content (AvgIpc) is 2.59. The number of unbranched alkanes of at least 4 members (excludes halogenated alkanes) is 2. The summed E-state index contributed by atoms with van der Waals surface area (Å²) in [6.45, 7) is 4.22. The fourth-order valence-corrected chi connectivity index (χ4v) is 3.49. The zero-order chi connectivity index (χ0) is 18.1. The zero-order valence-electron chi connectivity index (χ0n) is 15.3. The molecule has 2 aromatic carbocycles. The molecule has 0 bridgehead atoms. The van der Waals surface area contributed by atoms with Crippen molar-refractivity contribution in [3.8, 4) is 11.5 Å². The largest absolute Gasteiger partial charge is 0.584 e. The van der Waals surface area contributed by atoms with Crippen LogP contribution in [0.1, 0.15) is 50.7 Å². The third kappa shape index (κ3) is 7.15. The molecule has 4 nitrogen and oxygen atoms in total. The van der Waals surface area contributed by atoms with Gasteiger partial charge in [-0.15, -0.1) is 0 Å². The molecule has 0 unspecified atom stereocenters. The van der Waals surface area contributed by atoms with E-state index in [4.69, 9.17) is 9.05 Å². The summed E-state index contributed by atoms with van der Waals surface area (Å²) < 4.78 is 23.3. The van der Waals surface area contributed by atoms with Gasteiger partial charge in [-0.25, -0.2) is 4.57 Å². The van der Waals surface area contributed by atoms with E-state index in [2.05, 4.69) is 13.8 Å². The van der Waals surface area contributed by atoms with E-state index in [0.29, 0.717) is 11.5 Å². The minimum absolute atomic E-state index is 0. The molecule has 0 spiro atoms. The van der Waals surface area contributed by atoms with Gasteiger partial charge in [-0.2, -0.15) is 0 Å². The minimum atomic E-state index is -4.25. The number of rotatable bonds is 10. The minimum Gasteiger partial charge on any atom is -0.395 e. The number of phosphoric ester groups is 1. The van der Waals surface area contributed by atoms with Crippen LogP contribution in [0.15, 0.2) is 48.5 Å². The molecule has 0 heterocycles. The molecular formula is C20H27NiO4P. The molecule has 2 aromatic rings. The van der Waals surface area contributed by atoms with Gasteiger partial charge in [0.25, 0.3) is 0 Å². The van der Waals surface area contributed by atoms with E-state index in [0.717, 1.165) is 49.7 Å². The molecule has 1 N–H and O–H groups in total. The Bertz CT molecular complexity index is 663. The van der Waals surface area contributed by atoms with E-state index in [1.54, 1.807) is 24.3 Å². The van der Waals surface area contributed by atoms with Crippen molar-refractivity contribution in [3.05, 3.63) is 59.7 Å². The van der Waals surface area contributed by atoms with Crippen LogP contribution in [0.3, 0.4) is 0 Å². The molecule has 2 rings (SSSR count). The van der Waals surface area contributed by atoms with Gasteiger partial charge in [0.2, 0.25) is 0 Å². The molecule has 0 atom stereocenters. The Hall–Kier alpha value is -1.28. The standard InChI is InChI=1S/C20H27O4P.Ni/c1-3-5-11-17-13-7-9-15-19(17)23-25(21,22)24-20-16-10-8-14-18(20)12-6-4-2;/h7-10,13-16H,3-6,11-12H2,1-2H3,(H,21,22);. The topological polar surface area (TPSA) is 55.8 Å². The van der Waals surface area contributed by atoms with Crippen molar-refractivity contribution in [3.63, 3.8) is 0 Å². The molecule has 0 aliphatic carbocycles. The van der Waals surface area contributed by atoms with Crippen LogP contribution in [-0.2, 0) is 33.9 Å². The van der Waals surface area contributed by atoms with Crippen molar-refractivity contribution in [1.29, 1.82) is 0 Å². The molecule has 0 amide bonds. The van der Waals surface area contributed by atoms with Gasteiger partial charge in [0.15, 0.2) is 0 Å². The van der Waals surface area contributed by atoms with E-state index in [1.807, 2.05) is 24.3 Å². The van der Waals surface area contributed by atoms with Crippen molar-refractivity contribution in [2.45, 2.75) is 52.4 Å². The molecule has 146 valence electrons. The van der Waals surface area contributed by atoms with E-state index >= 15 is 0 Å². The first kappa shape index (κ1) is 22.8. The fourth-order valence-electron chi connectivity index (χ4n) is 2.60. The Labute approximate surface area is 166 Å². The summed E-state index contributed by atoms with van der Waals surface area (Å²) in [5.41, 5.74) is 1.84. The van der Waals surface area contributed by atoms with Crippen molar-refractivity contribution in [1.82, 2.24) is 0 Å². The third-order valence-electron chi connectivity index (χ3n) is 3.97. The Balaban J connectivity index is 0.00000338. The summed E-state index contributed by atoms with van der Waals surface area (Å²) in [4.78, 5) is 10.2. The van der Waals surface area contributed by atoms with Gasteiger partial charge in [-0.05, 0) is 48.9 Å². The molecule has 0 aliphatic rings. The van der Waals surface area contributed by atoms with Crippen molar-refractivity contribution in [2.24, 2.45) is 0 Å². The second-order valence-electron chi connectivity index (χ2n) is 6.07. The summed E-state index contributed by atoms with van der Waals surface area (Å²) in [5.74, 6) is 0.820. The molecule has 0 aliphatic heterocycles. The Morgan fingerprint density at radius 2 is 1.19 bits per heavy atom. The predicted molar refractivity (Wildman–Crippen MR) is 101 cm³/mol. The quantitative estimate of drug-likeness (QED) is 0.382. The number of hydrogen-bond donors (Lipinski definition) is 1. The van der Waals surface area contributed by atoms with Crippen LogP contribution in [-0.4, -0.2) is 4.89 Å². The summed E-state index contributed by atoms with van der Waals surface area (Å²) in [6, 6.07) is 14.6. The second-order valence-corrected chi connectivity index (χ2v) is 7.38. The van der Waals surface area contributed by atoms with Crippen molar-refractivity contribution in [2.75, 3.05) is 0 Å². The maximum Gasteiger partial charge on any atom is 0.584 e. The Morgan fingerprint density at radius 3 is 1.58 bits per heavy atom. The first-order valence-corrected chi connectivity index (χ1v) is 10.4. The molecule has 26 heavy (non-hydrogen) atoms. The van der Waals surface area contributed by atoms with Gasteiger partial charge < -0.3 is 9.05 Å². The second kappa shape index (κ2) is 11.4. The first-order chi connectivity index (χ1) is 12.1. The Kier molecular flexibility index (Phi) is 10.0. The summed E-state index contributed by atoms with van der Waals surface area (Å²) in [6.07, 6.45) is 5.70.